The quantitative estimate of drug-likeness (QED) is 0.493. The van der Waals surface area contributed by atoms with Gasteiger partial charge in [-0.1, -0.05) is 23.7 Å². The molecular weight excluding hydrogens is 386 g/mol. The normalized spacial score (nSPS) is 13.3. The fraction of sp³-hybridized carbons (Fsp3) is 0.304. The Labute approximate surface area is 174 Å². The van der Waals surface area contributed by atoms with Gasteiger partial charge in [0, 0.05) is 10.4 Å². The van der Waals surface area contributed by atoms with Crippen LogP contribution in [0.1, 0.15) is 38.0 Å². The Bertz CT molecular complexity index is 1180. The average molecular weight is 410 g/mol. The van der Waals surface area contributed by atoms with Gasteiger partial charge < -0.3 is 9.84 Å². The van der Waals surface area contributed by atoms with E-state index in [2.05, 4.69) is 22.3 Å². The number of rotatable bonds is 4. The lowest BCUT2D eigenvalue weighted by molar-refractivity contribution is -0.0821. The Kier molecular flexibility index (Phi) is 5.07. The molecule has 2 aromatic carbocycles. The van der Waals surface area contributed by atoms with Gasteiger partial charge in [0.25, 0.3) is 0 Å². The van der Waals surface area contributed by atoms with Gasteiger partial charge in [-0.05, 0) is 80.3 Å². The molecule has 0 bridgehead atoms. The molecule has 0 aliphatic rings. The number of aryl methyl sites for hydroxylation is 1. The van der Waals surface area contributed by atoms with Crippen LogP contribution in [0.15, 0.2) is 48.8 Å². The molecule has 1 atom stereocenters. The van der Waals surface area contributed by atoms with Gasteiger partial charge in [0.15, 0.2) is 5.65 Å². The molecule has 29 heavy (non-hydrogen) atoms. The van der Waals surface area contributed by atoms with Gasteiger partial charge in [0.05, 0.1) is 17.7 Å². The zero-order valence-corrected chi connectivity index (χ0v) is 17.7. The molecule has 0 fully saturated rings. The van der Waals surface area contributed by atoms with E-state index < -0.39 is 11.7 Å². The zero-order valence-electron chi connectivity index (χ0n) is 17.0. The number of halogens is 1. The predicted molar refractivity (Wildman–Crippen MR) is 116 cm³/mol. The second-order valence-corrected chi connectivity index (χ2v) is 8.65. The smallest absolute Gasteiger partial charge is 0.161 e. The first-order valence-corrected chi connectivity index (χ1v) is 9.97. The summed E-state index contributed by atoms with van der Waals surface area (Å²) in [5.41, 5.74) is 5.45. The van der Waals surface area contributed by atoms with Crippen LogP contribution in [-0.4, -0.2) is 31.9 Å². The molecule has 0 amide bonds. The van der Waals surface area contributed by atoms with E-state index >= 15 is 0 Å². The van der Waals surface area contributed by atoms with Crippen LogP contribution in [0.3, 0.4) is 0 Å². The van der Waals surface area contributed by atoms with E-state index in [1.165, 1.54) is 0 Å². The van der Waals surface area contributed by atoms with E-state index in [1.54, 1.807) is 6.33 Å². The summed E-state index contributed by atoms with van der Waals surface area (Å²) in [6, 6.07) is 13.9. The van der Waals surface area contributed by atoms with Gasteiger partial charge in [-0.25, -0.2) is 0 Å². The Morgan fingerprint density at radius 2 is 1.86 bits per heavy atom. The van der Waals surface area contributed by atoms with Gasteiger partial charge in [0.2, 0.25) is 0 Å². The third-order valence-corrected chi connectivity index (χ3v) is 5.19. The summed E-state index contributed by atoms with van der Waals surface area (Å²) < 4.78 is 8.23. The van der Waals surface area contributed by atoms with Gasteiger partial charge in [-0.15, -0.1) is 10.2 Å². The van der Waals surface area contributed by atoms with Crippen molar-refractivity contribution in [3.8, 4) is 11.1 Å². The predicted octanol–water partition coefficient (Wildman–Crippen LogP) is 5.36. The molecule has 4 rings (SSSR count). The Hall–Kier alpha value is -2.47. The lowest BCUT2D eigenvalue weighted by Gasteiger charge is -2.30. The average Bonchev–Trinajstić information content (AvgIpc) is 3.15. The number of hydrogen-bond donors (Lipinski definition) is 1. The van der Waals surface area contributed by atoms with Crippen LogP contribution in [0.25, 0.3) is 27.7 Å². The van der Waals surface area contributed by atoms with E-state index in [4.69, 9.17) is 16.3 Å². The molecular formula is C23H24ClN3O2. The maximum atomic E-state index is 10.2. The second kappa shape index (κ2) is 7.41. The lowest BCUT2D eigenvalue weighted by Crippen LogP contribution is -2.25. The Balaban J connectivity index is 2.08. The fourth-order valence-electron chi connectivity index (χ4n) is 3.86. The maximum absolute atomic E-state index is 10.2. The van der Waals surface area contributed by atoms with Crippen molar-refractivity contribution in [1.29, 1.82) is 0 Å². The monoisotopic (exact) mass is 409 g/mol. The van der Waals surface area contributed by atoms with Crippen molar-refractivity contribution >= 4 is 28.2 Å². The van der Waals surface area contributed by atoms with Crippen LogP contribution in [0.2, 0.25) is 5.02 Å². The summed E-state index contributed by atoms with van der Waals surface area (Å²) >= 11 is 6.14. The molecule has 1 N–H and O–H groups in total. The first kappa shape index (κ1) is 19.8. The lowest BCUT2D eigenvalue weighted by atomic mass is 9.88. The third kappa shape index (κ3) is 3.73. The number of aliphatic hydroxyl groups is 1. The van der Waals surface area contributed by atoms with Gasteiger partial charge in [0.1, 0.15) is 12.4 Å². The molecule has 0 saturated carbocycles. The second-order valence-electron chi connectivity index (χ2n) is 8.22. The largest absolute Gasteiger partial charge is 0.393 e. The molecule has 5 nitrogen and oxygen atoms in total. The minimum atomic E-state index is -0.457. The van der Waals surface area contributed by atoms with Crippen LogP contribution < -0.4 is 0 Å². The molecule has 2 heterocycles. The molecule has 0 radical (unpaired) electrons. The molecule has 0 aliphatic carbocycles. The molecule has 2 aromatic heterocycles. The van der Waals surface area contributed by atoms with Gasteiger partial charge in [-0.2, -0.15) is 0 Å². The van der Waals surface area contributed by atoms with Crippen LogP contribution >= 0.6 is 11.6 Å². The topological polar surface area (TPSA) is 59.7 Å². The number of aliphatic hydroxyl groups excluding tert-OH is 1. The minimum absolute atomic E-state index is 0.112. The van der Waals surface area contributed by atoms with Crippen LogP contribution in [0, 0.1) is 6.92 Å². The molecule has 0 aliphatic heterocycles. The van der Waals surface area contributed by atoms with Crippen LogP contribution in [0.5, 0.6) is 0 Å². The van der Waals surface area contributed by atoms with Crippen molar-refractivity contribution in [3.05, 3.63) is 64.9 Å². The highest BCUT2D eigenvalue weighted by atomic mass is 35.5. The highest BCUT2D eigenvalue weighted by Crippen LogP contribution is 2.40. The summed E-state index contributed by atoms with van der Waals surface area (Å²) in [4.78, 5) is 0. The number of nitrogens with zero attached hydrogens (tertiary/aromatic N) is 3. The first-order chi connectivity index (χ1) is 13.8. The summed E-state index contributed by atoms with van der Waals surface area (Å²) in [5, 5.41) is 20.2. The van der Waals surface area contributed by atoms with Crippen molar-refractivity contribution in [2.75, 3.05) is 6.61 Å². The number of pyridine rings is 1. The highest BCUT2D eigenvalue weighted by Gasteiger charge is 2.26. The molecule has 0 unspecified atom stereocenters. The number of fused-ring (bicyclic) bond motifs is 3. The number of hydrogen-bond acceptors (Lipinski definition) is 4. The minimum Gasteiger partial charge on any atom is -0.393 e. The Morgan fingerprint density at radius 1 is 1.14 bits per heavy atom. The SMILES string of the molecule is Cc1cc2c(ccc3nncn32)c(-c2ccc(Cl)cc2)c1[C@@H](CO)OC(C)(C)C. The van der Waals surface area contributed by atoms with Crippen molar-refractivity contribution < 1.29 is 9.84 Å². The Morgan fingerprint density at radius 3 is 2.52 bits per heavy atom. The number of aromatic nitrogens is 3. The number of ether oxygens (including phenoxy) is 1. The summed E-state index contributed by atoms with van der Waals surface area (Å²) in [6.07, 6.45) is 1.26. The van der Waals surface area contributed by atoms with Gasteiger partial charge >= 0.3 is 0 Å². The van der Waals surface area contributed by atoms with E-state index in [0.29, 0.717) is 5.02 Å². The summed E-state index contributed by atoms with van der Waals surface area (Å²) in [5.74, 6) is 0. The fourth-order valence-corrected chi connectivity index (χ4v) is 3.98. The first-order valence-electron chi connectivity index (χ1n) is 9.59. The summed E-state index contributed by atoms with van der Waals surface area (Å²) in [6.45, 7) is 7.92. The van der Waals surface area contributed by atoms with Crippen molar-refractivity contribution in [3.63, 3.8) is 0 Å². The molecule has 150 valence electrons. The third-order valence-electron chi connectivity index (χ3n) is 4.94. The number of benzene rings is 2. The highest BCUT2D eigenvalue weighted by molar-refractivity contribution is 6.30. The van der Waals surface area contributed by atoms with Crippen molar-refractivity contribution in [2.45, 2.75) is 39.4 Å². The van der Waals surface area contributed by atoms with Gasteiger partial charge in [-0.3, -0.25) is 4.40 Å². The molecule has 4 aromatic rings. The maximum Gasteiger partial charge on any atom is 0.161 e. The van der Waals surface area contributed by atoms with Crippen molar-refractivity contribution in [1.82, 2.24) is 14.6 Å². The molecule has 0 spiro atoms. The van der Waals surface area contributed by atoms with Crippen LogP contribution in [-0.2, 0) is 4.74 Å². The van der Waals surface area contributed by atoms with E-state index in [9.17, 15) is 5.11 Å². The zero-order chi connectivity index (χ0) is 20.8. The van der Waals surface area contributed by atoms with Crippen LogP contribution in [0.4, 0.5) is 0 Å². The standard InChI is InChI=1S/C23H24ClN3O2/c1-14-11-18-17(9-10-20-26-25-13-27(18)20)22(15-5-7-16(24)8-6-15)21(14)19(12-28)29-23(2,3)4/h5-11,13,19,28H,12H2,1-4H3/t19-/m1/s1. The molecule has 0 saturated heterocycles. The molecule has 6 heteroatoms. The van der Waals surface area contributed by atoms with E-state index in [0.717, 1.165) is 38.8 Å². The van der Waals surface area contributed by atoms with E-state index in [1.807, 2.05) is 62.4 Å². The summed E-state index contributed by atoms with van der Waals surface area (Å²) in [7, 11) is 0. The van der Waals surface area contributed by atoms with Crippen molar-refractivity contribution in [2.24, 2.45) is 0 Å². The van der Waals surface area contributed by atoms with E-state index in [-0.39, 0.29) is 6.61 Å².